The number of para-hydroxylation sites is 1. The molecule has 2 amide bonds. The second kappa shape index (κ2) is 7.85. The van der Waals surface area contributed by atoms with Crippen LogP contribution in [-0.4, -0.2) is 36.4 Å². The summed E-state index contributed by atoms with van der Waals surface area (Å²) >= 11 is 0. The molecule has 0 saturated carbocycles. The molecule has 5 rings (SSSR count). The number of hydrogen-bond acceptors (Lipinski definition) is 5. The number of fused-ring (bicyclic) bond motifs is 2. The summed E-state index contributed by atoms with van der Waals surface area (Å²) in [5.41, 5.74) is 1.58. The lowest BCUT2D eigenvalue weighted by Crippen LogP contribution is -2.33. The Kier molecular flexibility index (Phi) is 5.06. The first-order chi connectivity index (χ1) is 16.2. The predicted octanol–water partition coefficient (Wildman–Crippen LogP) is 4.80. The molecule has 0 bridgehead atoms. The third kappa shape index (κ3) is 3.38. The van der Waals surface area contributed by atoms with Gasteiger partial charge in [0.05, 0.1) is 27.8 Å². The van der Waals surface area contributed by atoms with E-state index in [1.54, 1.807) is 67.6 Å². The Morgan fingerprint density at radius 1 is 0.853 bits per heavy atom. The maximum Gasteiger partial charge on any atom is 0.262 e. The Balaban J connectivity index is 1.77. The van der Waals surface area contributed by atoms with Crippen LogP contribution in [0.1, 0.15) is 39.2 Å². The molecule has 4 aromatic rings. The number of amides is 2. The Bertz CT molecular complexity index is 1580. The van der Waals surface area contributed by atoms with E-state index in [0.717, 1.165) is 11.2 Å². The molecule has 34 heavy (non-hydrogen) atoms. The Morgan fingerprint density at radius 3 is 2.06 bits per heavy atom. The highest BCUT2D eigenvalue weighted by atomic mass is 32.2. The smallest absolute Gasteiger partial charge is 0.262 e. The van der Waals surface area contributed by atoms with Gasteiger partial charge in [0.25, 0.3) is 11.8 Å². The number of imide groups is 1. The van der Waals surface area contributed by atoms with Crippen LogP contribution in [-0.2, 0) is 9.84 Å². The van der Waals surface area contributed by atoms with Crippen molar-refractivity contribution in [2.45, 2.75) is 17.9 Å². The van der Waals surface area contributed by atoms with Crippen LogP contribution < -0.4 is 0 Å². The third-order valence-electron chi connectivity index (χ3n) is 6.03. The van der Waals surface area contributed by atoms with Gasteiger partial charge in [-0.3, -0.25) is 14.5 Å². The van der Waals surface area contributed by atoms with E-state index in [-0.39, 0.29) is 21.7 Å². The second-order valence-corrected chi connectivity index (χ2v) is 10.2. The maximum absolute atomic E-state index is 14.7. The minimum absolute atomic E-state index is 0.0222. The topological polar surface area (TPSA) is 84.4 Å². The number of pyridine rings is 1. The summed E-state index contributed by atoms with van der Waals surface area (Å²) in [6, 6.07) is 18.2. The van der Waals surface area contributed by atoms with E-state index < -0.39 is 33.5 Å². The molecule has 3 aromatic carbocycles. The summed E-state index contributed by atoms with van der Waals surface area (Å²) < 4.78 is 39.7. The van der Waals surface area contributed by atoms with Gasteiger partial charge in [0, 0.05) is 22.8 Å². The number of carbonyl (C=O) groups is 2. The zero-order valence-corrected chi connectivity index (χ0v) is 19.1. The van der Waals surface area contributed by atoms with E-state index in [1.807, 2.05) is 0 Å². The van der Waals surface area contributed by atoms with Gasteiger partial charge in [-0.05, 0) is 37.3 Å². The molecule has 8 heteroatoms. The van der Waals surface area contributed by atoms with Gasteiger partial charge in [-0.2, -0.15) is 0 Å². The van der Waals surface area contributed by atoms with Crippen molar-refractivity contribution >= 4 is 32.6 Å². The molecule has 1 aliphatic heterocycles. The van der Waals surface area contributed by atoms with Gasteiger partial charge in [-0.1, -0.05) is 42.5 Å². The first kappa shape index (κ1) is 21.9. The van der Waals surface area contributed by atoms with Crippen molar-refractivity contribution in [2.75, 3.05) is 6.26 Å². The van der Waals surface area contributed by atoms with Gasteiger partial charge in [-0.25, -0.2) is 17.8 Å². The van der Waals surface area contributed by atoms with Gasteiger partial charge in [-0.15, -0.1) is 0 Å². The number of benzene rings is 3. The molecule has 1 aromatic heterocycles. The highest BCUT2D eigenvalue weighted by Crippen LogP contribution is 2.38. The Labute approximate surface area is 195 Å². The Hall–Kier alpha value is -3.91. The number of aromatic nitrogens is 1. The van der Waals surface area contributed by atoms with E-state index in [2.05, 4.69) is 4.98 Å². The quantitative estimate of drug-likeness (QED) is 0.397. The zero-order chi connectivity index (χ0) is 24.2. The molecule has 2 heterocycles. The van der Waals surface area contributed by atoms with E-state index in [0.29, 0.717) is 22.1 Å². The molecule has 1 aliphatic rings. The van der Waals surface area contributed by atoms with Gasteiger partial charge < -0.3 is 0 Å². The lowest BCUT2D eigenvalue weighted by atomic mass is 9.97. The number of hydrogen-bond donors (Lipinski definition) is 0. The zero-order valence-electron chi connectivity index (χ0n) is 18.3. The average molecular weight is 475 g/mol. The predicted molar refractivity (Wildman–Crippen MR) is 126 cm³/mol. The number of carbonyl (C=O) groups excluding carboxylic acids is 2. The highest BCUT2D eigenvalue weighted by molar-refractivity contribution is 7.90. The van der Waals surface area contributed by atoms with Crippen LogP contribution >= 0.6 is 0 Å². The normalized spacial score (nSPS) is 14.5. The largest absolute Gasteiger partial charge is 0.269 e. The van der Waals surface area contributed by atoms with Crippen LogP contribution in [0.2, 0.25) is 0 Å². The highest BCUT2D eigenvalue weighted by Gasteiger charge is 2.39. The lowest BCUT2D eigenvalue weighted by Gasteiger charge is -2.25. The van der Waals surface area contributed by atoms with Crippen LogP contribution in [0.5, 0.6) is 0 Å². The summed E-state index contributed by atoms with van der Waals surface area (Å²) in [6.45, 7) is 1.68. The molecule has 170 valence electrons. The minimum atomic E-state index is -3.65. The summed E-state index contributed by atoms with van der Waals surface area (Å²) in [6.07, 6.45) is 1.08. The van der Waals surface area contributed by atoms with Crippen molar-refractivity contribution in [2.24, 2.45) is 0 Å². The summed E-state index contributed by atoms with van der Waals surface area (Å²) in [5, 5.41) is 0.471. The number of sulfone groups is 1. The maximum atomic E-state index is 14.7. The summed E-state index contributed by atoms with van der Waals surface area (Å²) in [7, 11) is -3.65. The van der Waals surface area contributed by atoms with Crippen LogP contribution in [0, 0.1) is 5.82 Å². The van der Waals surface area contributed by atoms with Crippen LogP contribution in [0.3, 0.4) is 0 Å². The molecular weight excluding hydrogens is 455 g/mol. The van der Waals surface area contributed by atoms with Crippen molar-refractivity contribution in [3.63, 3.8) is 0 Å². The Morgan fingerprint density at radius 2 is 1.44 bits per heavy atom. The summed E-state index contributed by atoms with van der Waals surface area (Å²) in [5.74, 6) is -1.46. The fraction of sp³-hybridized carbons (Fsp3) is 0.115. The summed E-state index contributed by atoms with van der Waals surface area (Å²) in [4.78, 5) is 32.0. The van der Waals surface area contributed by atoms with Gasteiger partial charge in [0.1, 0.15) is 11.3 Å². The van der Waals surface area contributed by atoms with Crippen LogP contribution in [0.25, 0.3) is 22.2 Å². The number of rotatable bonds is 4. The molecule has 0 unspecified atom stereocenters. The van der Waals surface area contributed by atoms with E-state index in [1.165, 1.54) is 12.1 Å². The number of nitrogens with zero attached hydrogens (tertiary/aromatic N) is 2. The van der Waals surface area contributed by atoms with Crippen molar-refractivity contribution < 1.29 is 22.4 Å². The average Bonchev–Trinajstić information content (AvgIpc) is 3.08. The number of halogens is 1. The molecule has 0 saturated heterocycles. The van der Waals surface area contributed by atoms with Gasteiger partial charge in [0.15, 0.2) is 9.84 Å². The van der Waals surface area contributed by atoms with Gasteiger partial charge >= 0.3 is 0 Å². The van der Waals surface area contributed by atoms with E-state index >= 15 is 0 Å². The van der Waals surface area contributed by atoms with Crippen molar-refractivity contribution in [3.8, 4) is 11.3 Å². The second-order valence-electron chi connectivity index (χ2n) is 8.21. The van der Waals surface area contributed by atoms with Gasteiger partial charge in [0.2, 0.25) is 0 Å². The van der Waals surface area contributed by atoms with Crippen LogP contribution in [0.4, 0.5) is 4.39 Å². The van der Waals surface area contributed by atoms with E-state index in [9.17, 15) is 22.4 Å². The fourth-order valence-corrected chi connectivity index (χ4v) is 5.29. The molecule has 6 nitrogen and oxygen atoms in total. The molecular formula is C26H19FN2O4S. The van der Waals surface area contributed by atoms with E-state index in [4.69, 9.17) is 0 Å². The van der Waals surface area contributed by atoms with Crippen LogP contribution in [0.15, 0.2) is 77.7 Å². The van der Waals surface area contributed by atoms with Crippen molar-refractivity contribution in [1.82, 2.24) is 9.88 Å². The molecule has 0 fully saturated rings. The first-order valence-corrected chi connectivity index (χ1v) is 12.4. The minimum Gasteiger partial charge on any atom is -0.269 e. The monoisotopic (exact) mass is 474 g/mol. The lowest BCUT2D eigenvalue weighted by molar-refractivity contribution is 0.0595. The first-order valence-electron chi connectivity index (χ1n) is 10.5. The third-order valence-corrected chi connectivity index (χ3v) is 7.19. The molecule has 0 aliphatic carbocycles. The van der Waals surface area contributed by atoms with Crippen molar-refractivity contribution in [1.29, 1.82) is 0 Å². The standard InChI is InChI=1S/C26H19FN2O4S/c1-15(29-25(30)17-9-3-4-10-18(17)26(29)31)20-14-16-8-7-12-21(27)23(16)28-24(20)19-11-5-6-13-22(19)34(2,32)33/h3-15H,1-2H3/t15-/m0/s1. The fourth-order valence-electron chi connectivity index (χ4n) is 4.40. The molecule has 1 atom stereocenters. The van der Waals surface area contributed by atoms with Crippen molar-refractivity contribution in [3.05, 3.63) is 95.3 Å². The SMILES string of the molecule is C[C@@H](c1cc2cccc(F)c2nc1-c1ccccc1S(C)(=O)=O)N1C(=O)c2ccccc2C1=O. The molecule has 0 N–H and O–H groups in total. The molecule has 0 spiro atoms. The molecule has 0 radical (unpaired) electrons.